The van der Waals surface area contributed by atoms with Crippen LogP contribution in [0.15, 0.2) is 17.0 Å². The summed E-state index contributed by atoms with van der Waals surface area (Å²) in [6, 6.07) is 2.79. The maximum absolute atomic E-state index is 12.6. The van der Waals surface area contributed by atoms with Crippen molar-refractivity contribution in [3.8, 4) is 0 Å². The number of hydrogen-bond donors (Lipinski definition) is 1. The lowest BCUT2D eigenvalue weighted by atomic mass is 10.3. The first-order valence-corrected chi connectivity index (χ1v) is 3.65. The van der Waals surface area contributed by atoms with Gasteiger partial charge in [0.05, 0.1) is 10.0 Å². The normalized spacial score (nSPS) is 10.0. The summed E-state index contributed by atoms with van der Waals surface area (Å²) in [4.78, 5) is 0.552. The molecule has 0 fully saturated rings. The summed E-state index contributed by atoms with van der Waals surface area (Å²) < 4.78 is 12.6. The average molecular weight is 197 g/mol. The molecule has 54 valence electrons. The van der Waals surface area contributed by atoms with E-state index in [0.717, 1.165) is 0 Å². The molecule has 0 aliphatic heterocycles. The monoisotopic (exact) mass is 196 g/mol. The van der Waals surface area contributed by atoms with Gasteiger partial charge in [0.15, 0.2) is 5.82 Å². The highest BCUT2D eigenvalue weighted by atomic mass is 35.5. The van der Waals surface area contributed by atoms with Crippen molar-refractivity contribution in [1.82, 2.24) is 0 Å². The molecule has 0 atom stereocenters. The number of rotatable bonds is 0. The molecule has 10 heavy (non-hydrogen) atoms. The lowest BCUT2D eigenvalue weighted by Gasteiger charge is -1.97. The average Bonchev–Trinajstić information content (AvgIpc) is 1.82. The molecule has 1 aromatic carbocycles. The van der Waals surface area contributed by atoms with Crippen molar-refractivity contribution in [2.24, 2.45) is 0 Å². The Morgan fingerprint density at radius 3 is 2.00 bits per heavy atom. The second-order valence-electron chi connectivity index (χ2n) is 1.72. The Bertz CT molecular complexity index is 239. The molecule has 4 heteroatoms. The van der Waals surface area contributed by atoms with Gasteiger partial charge in [0.25, 0.3) is 0 Å². The van der Waals surface area contributed by atoms with Crippen LogP contribution in [0.2, 0.25) is 10.0 Å². The maximum Gasteiger partial charge on any atom is 0.160 e. The van der Waals surface area contributed by atoms with Crippen LogP contribution >= 0.6 is 35.8 Å². The first-order chi connectivity index (χ1) is 4.61. The molecule has 0 unspecified atom stereocenters. The highest BCUT2D eigenvalue weighted by Gasteiger charge is 2.04. The summed E-state index contributed by atoms with van der Waals surface area (Å²) in [6.07, 6.45) is 0. The Morgan fingerprint density at radius 2 is 1.60 bits per heavy atom. The molecular formula is C6H3Cl2FS. The van der Waals surface area contributed by atoms with Gasteiger partial charge in [-0.2, -0.15) is 0 Å². The molecule has 1 aromatic rings. The molecule has 0 aliphatic rings. The fourth-order valence-electron chi connectivity index (χ4n) is 0.542. The SMILES string of the molecule is Fc1c(Cl)cc(S)cc1Cl. The van der Waals surface area contributed by atoms with Crippen molar-refractivity contribution < 1.29 is 4.39 Å². The minimum atomic E-state index is -0.596. The molecule has 0 saturated heterocycles. The van der Waals surface area contributed by atoms with Crippen molar-refractivity contribution in [1.29, 1.82) is 0 Å². The second kappa shape index (κ2) is 2.99. The van der Waals surface area contributed by atoms with Gasteiger partial charge in [-0.15, -0.1) is 12.6 Å². The molecule has 0 aromatic heterocycles. The van der Waals surface area contributed by atoms with Gasteiger partial charge in [0.1, 0.15) is 0 Å². The van der Waals surface area contributed by atoms with Crippen LogP contribution in [0.5, 0.6) is 0 Å². The summed E-state index contributed by atoms with van der Waals surface area (Å²) in [5.74, 6) is -0.596. The maximum atomic E-state index is 12.6. The molecule has 0 amide bonds. The van der Waals surface area contributed by atoms with Gasteiger partial charge in [-0.3, -0.25) is 0 Å². The largest absolute Gasteiger partial charge is 0.204 e. The zero-order chi connectivity index (χ0) is 7.72. The fourth-order valence-corrected chi connectivity index (χ4v) is 1.44. The number of hydrogen-bond acceptors (Lipinski definition) is 1. The van der Waals surface area contributed by atoms with Crippen molar-refractivity contribution in [3.63, 3.8) is 0 Å². The van der Waals surface area contributed by atoms with E-state index >= 15 is 0 Å². The van der Waals surface area contributed by atoms with Crippen molar-refractivity contribution >= 4 is 35.8 Å². The third-order valence-electron chi connectivity index (χ3n) is 0.969. The van der Waals surface area contributed by atoms with Gasteiger partial charge in [0, 0.05) is 4.90 Å². The van der Waals surface area contributed by atoms with Crippen LogP contribution in [0.1, 0.15) is 0 Å². The quantitative estimate of drug-likeness (QED) is 0.478. The van der Waals surface area contributed by atoms with E-state index in [-0.39, 0.29) is 10.0 Å². The zero-order valence-corrected chi connectivity index (χ0v) is 7.14. The molecular weight excluding hydrogens is 194 g/mol. The van der Waals surface area contributed by atoms with E-state index in [0.29, 0.717) is 4.90 Å². The van der Waals surface area contributed by atoms with E-state index in [1.54, 1.807) is 0 Å². The highest BCUT2D eigenvalue weighted by Crippen LogP contribution is 2.25. The van der Waals surface area contributed by atoms with E-state index in [2.05, 4.69) is 12.6 Å². The minimum absolute atomic E-state index is 0.00231. The Balaban J connectivity index is 3.31. The van der Waals surface area contributed by atoms with Crippen molar-refractivity contribution in [3.05, 3.63) is 28.0 Å². The van der Waals surface area contributed by atoms with Gasteiger partial charge in [-0.1, -0.05) is 23.2 Å². The second-order valence-corrected chi connectivity index (χ2v) is 3.05. The molecule has 0 radical (unpaired) electrons. The Morgan fingerprint density at radius 1 is 1.20 bits per heavy atom. The van der Waals surface area contributed by atoms with Crippen LogP contribution in [0, 0.1) is 5.82 Å². The molecule has 0 N–H and O–H groups in total. The summed E-state index contributed by atoms with van der Waals surface area (Å²) in [6.45, 7) is 0. The van der Waals surface area contributed by atoms with Crippen LogP contribution in [0.4, 0.5) is 4.39 Å². The molecule has 0 saturated carbocycles. The van der Waals surface area contributed by atoms with E-state index in [1.165, 1.54) is 12.1 Å². The number of benzene rings is 1. The molecule has 1 rings (SSSR count). The zero-order valence-electron chi connectivity index (χ0n) is 4.74. The van der Waals surface area contributed by atoms with Gasteiger partial charge in [0.2, 0.25) is 0 Å². The lowest BCUT2D eigenvalue weighted by molar-refractivity contribution is 0.627. The first-order valence-electron chi connectivity index (χ1n) is 2.45. The third kappa shape index (κ3) is 1.57. The number of halogens is 3. The topological polar surface area (TPSA) is 0 Å². The third-order valence-corrected chi connectivity index (χ3v) is 1.78. The molecule has 0 spiro atoms. The van der Waals surface area contributed by atoms with Crippen molar-refractivity contribution in [2.75, 3.05) is 0 Å². The Kier molecular flexibility index (Phi) is 2.45. The molecule has 0 bridgehead atoms. The van der Waals surface area contributed by atoms with Gasteiger partial charge in [-0.25, -0.2) is 4.39 Å². The van der Waals surface area contributed by atoms with Gasteiger partial charge >= 0.3 is 0 Å². The molecule has 0 aliphatic carbocycles. The van der Waals surface area contributed by atoms with Crippen molar-refractivity contribution in [2.45, 2.75) is 4.90 Å². The van der Waals surface area contributed by atoms with Gasteiger partial charge < -0.3 is 0 Å². The highest BCUT2D eigenvalue weighted by molar-refractivity contribution is 7.80. The summed E-state index contributed by atoms with van der Waals surface area (Å²) in [5, 5.41) is -0.00463. The summed E-state index contributed by atoms with van der Waals surface area (Å²) in [5.41, 5.74) is 0. The van der Waals surface area contributed by atoms with Crippen LogP contribution in [0.25, 0.3) is 0 Å². The van der Waals surface area contributed by atoms with Crippen LogP contribution < -0.4 is 0 Å². The molecule has 0 nitrogen and oxygen atoms in total. The van der Waals surface area contributed by atoms with Crippen LogP contribution in [-0.2, 0) is 0 Å². The van der Waals surface area contributed by atoms with Crippen LogP contribution in [-0.4, -0.2) is 0 Å². The standard InChI is InChI=1S/C6H3Cl2FS/c7-4-1-3(10)2-5(8)6(4)9/h1-2,10H. The van der Waals surface area contributed by atoms with E-state index in [4.69, 9.17) is 23.2 Å². The van der Waals surface area contributed by atoms with E-state index < -0.39 is 5.82 Å². The summed E-state index contributed by atoms with van der Waals surface area (Å²) in [7, 11) is 0. The fraction of sp³-hybridized carbons (Fsp3) is 0. The lowest BCUT2D eigenvalue weighted by Crippen LogP contribution is -1.78. The Hall–Kier alpha value is 0.0800. The minimum Gasteiger partial charge on any atom is -0.204 e. The smallest absolute Gasteiger partial charge is 0.160 e. The predicted octanol–water partition coefficient (Wildman–Crippen LogP) is 3.42. The molecule has 0 heterocycles. The van der Waals surface area contributed by atoms with Gasteiger partial charge in [-0.05, 0) is 12.1 Å². The van der Waals surface area contributed by atoms with E-state index in [9.17, 15) is 4.39 Å². The predicted molar refractivity (Wildman–Crippen MR) is 43.7 cm³/mol. The summed E-state index contributed by atoms with van der Waals surface area (Å²) >= 11 is 14.8. The van der Waals surface area contributed by atoms with Crippen LogP contribution in [0.3, 0.4) is 0 Å². The van der Waals surface area contributed by atoms with E-state index in [1.807, 2.05) is 0 Å². The Labute approximate surface area is 73.4 Å². The number of thiol groups is 1. The first kappa shape index (κ1) is 8.18.